The number of sulfonamides is 1. The number of nitrogens with one attached hydrogen (secondary N) is 1. The molecule has 3 aliphatic rings. The number of hydrogen-bond acceptors (Lipinski definition) is 7. The first-order valence-electron chi connectivity index (χ1n) is 5.78. The number of carbonyl (C=O) groups is 2. The van der Waals surface area contributed by atoms with Crippen LogP contribution in [0.5, 0.6) is 0 Å². The summed E-state index contributed by atoms with van der Waals surface area (Å²) < 4.78 is 36.6. The van der Waals surface area contributed by atoms with Crippen molar-refractivity contribution in [2.75, 3.05) is 7.11 Å². The Morgan fingerprint density at radius 2 is 1.95 bits per heavy atom. The number of carbonyl (C=O) groups excluding carboxylic acids is 2. The molecular weight excluding hydrogens is 294 g/mol. The molecule has 2 bridgehead atoms. The third kappa shape index (κ3) is 1.71. The monoisotopic (exact) mass is 307 g/mol. The quantitative estimate of drug-likeness (QED) is 0.645. The number of fused-ring (bicyclic) bond motifs is 1. The maximum Gasteiger partial charge on any atom is 0.311 e. The molecule has 106 valence electrons. The molecule has 0 radical (unpaired) electrons. The summed E-state index contributed by atoms with van der Waals surface area (Å²) in [6, 6.07) is -0.435. The lowest BCUT2D eigenvalue weighted by Crippen LogP contribution is -2.50. The zero-order valence-corrected chi connectivity index (χ0v) is 11.9. The van der Waals surface area contributed by atoms with E-state index in [-0.39, 0.29) is 10.5 Å². The highest BCUT2D eigenvalue weighted by Gasteiger charge is 2.71. The van der Waals surface area contributed by atoms with Crippen LogP contribution in [0.25, 0.3) is 0 Å². The lowest BCUT2D eigenvalue weighted by atomic mass is 9.84. The van der Waals surface area contributed by atoms with Crippen LogP contribution < -0.4 is 4.72 Å². The van der Waals surface area contributed by atoms with E-state index in [0.717, 1.165) is 0 Å². The Bertz CT molecular complexity index is 546. The molecule has 0 amide bonds. The molecule has 0 aliphatic carbocycles. The van der Waals surface area contributed by atoms with Crippen molar-refractivity contribution >= 4 is 33.7 Å². The van der Waals surface area contributed by atoms with Gasteiger partial charge in [-0.25, -0.2) is 13.1 Å². The average molecular weight is 307 g/mol. The van der Waals surface area contributed by atoms with Crippen molar-refractivity contribution < 1.29 is 27.5 Å². The Kier molecular flexibility index (Phi) is 2.84. The minimum Gasteiger partial charge on any atom is -0.469 e. The van der Waals surface area contributed by atoms with Crippen LogP contribution in [0.2, 0.25) is 0 Å². The number of hydrogen-bond donors (Lipinski definition) is 1. The van der Waals surface area contributed by atoms with Gasteiger partial charge in [0.15, 0.2) is 0 Å². The van der Waals surface area contributed by atoms with Crippen molar-refractivity contribution in [2.24, 2.45) is 5.92 Å². The molecule has 0 aromatic carbocycles. The van der Waals surface area contributed by atoms with Gasteiger partial charge in [-0.05, 0) is 0 Å². The zero-order valence-electron chi connectivity index (χ0n) is 10.2. The third-order valence-electron chi connectivity index (χ3n) is 3.81. The summed E-state index contributed by atoms with van der Waals surface area (Å²) in [5.74, 6) is -1.82. The molecule has 7 nitrogen and oxygen atoms in total. The third-order valence-corrected chi connectivity index (χ3v) is 7.66. The molecule has 6 unspecified atom stereocenters. The number of rotatable bonds is 2. The van der Waals surface area contributed by atoms with Crippen LogP contribution >= 0.6 is 11.8 Å². The van der Waals surface area contributed by atoms with E-state index in [0.29, 0.717) is 0 Å². The van der Waals surface area contributed by atoms with Gasteiger partial charge in [-0.1, -0.05) is 0 Å². The molecule has 3 heterocycles. The summed E-state index contributed by atoms with van der Waals surface area (Å²) in [7, 11) is -2.34. The molecule has 3 fully saturated rings. The van der Waals surface area contributed by atoms with E-state index >= 15 is 0 Å². The van der Waals surface area contributed by atoms with Crippen molar-refractivity contribution in [3.63, 3.8) is 0 Å². The topological polar surface area (TPSA) is 98.8 Å². The van der Waals surface area contributed by atoms with Crippen LogP contribution in [0.3, 0.4) is 0 Å². The van der Waals surface area contributed by atoms with E-state index in [1.54, 1.807) is 0 Å². The highest BCUT2D eigenvalue weighted by atomic mass is 32.2. The van der Waals surface area contributed by atoms with Gasteiger partial charge in [0.2, 0.25) is 10.0 Å². The van der Waals surface area contributed by atoms with Gasteiger partial charge in [-0.15, -0.1) is 11.8 Å². The fourth-order valence-corrected chi connectivity index (χ4v) is 7.94. The average Bonchev–Trinajstić information content (AvgIpc) is 2.89. The maximum atomic E-state index is 12.1. The van der Waals surface area contributed by atoms with E-state index in [1.807, 2.05) is 0 Å². The summed E-state index contributed by atoms with van der Waals surface area (Å²) >= 11 is 1.39. The van der Waals surface area contributed by atoms with Crippen molar-refractivity contribution in [1.29, 1.82) is 0 Å². The zero-order chi connectivity index (χ0) is 13.9. The lowest BCUT2D eigenvalue weighted by Gasteiger charge is -2.28. The van der Waals surface area contributed by atoms with Crippen molar-refractivity contribution in [2.45, 2.75) is 34.8 Å². The van der Waals surface area contributed by atoms with Crippen molar-refractivity contribution in [1.82, 2.24) is 4.72 Å². The van der Waals surface area contributed by atoms with Gasteiger partial charge in [-0.2, -0.15) is 0 Å². The summed E-state index contributed by atoms with van der Waals surface area (Å²) in [6.45, 7) is 1.27. The van der Waals surface area contributed by atoms with Crippen LogP contribution in [-0.4, -0.2) is 55.4 Å². The van der Waals surface area contributed by atoms with E-state index in [1.165, 1.54) is 25.8 Å². The number of methoxy groups -OCH3 is 1. The highest BCUT2D eigenvalue weighted by Crippen LogP contribution is 2.56. The second kappa shape index (κ2) is 4.10. The van der Waals surface area contributed by atoms with Gasteiger partial charge in [0.05, 0.1) is 24.3 Å². The molecule has 0 saturated carbocycles. The van der Waals surface area contributed by atoms with Gasteiger partial charge in [0, 0.05) is 12.2 Å². The summed E-state index contributed by atoms with van der Waals surface area (Å²) in [4.78, 5) is 23.0. The van der Waals surface area contributed by atoms with Gasteiger partial charge < -0.3 is 9.47 Å². The van der Waals surface area contributed by atoms with Gasteiger partial charge in [-0.3, -0.25) is 9.59 Å². The van der Waals surface area contributed by atoms with E-state index in [2.05, 4.69) is 4.72 Å². The lowest BCUT2D eigenvalue weighted by molar-refractivity contribution is -0.153. The largest absolute Gasteiger partial charge is 0.469 e. The Morgan fingerprint density at radius 1 is 1.26 bits per heavy atom. The first kappa shape index (κ1) is 13.2. The standard InChI is InChI=1S/C10H13NO6S2/c1-3(12)17-6-5-8-9(19(14,15)11-5)4(7(6)18-8)10(13)16-2/h4-9,11H,1-2H3. The summed E-state index contributed by atoms with van der Waals surface area (Å²) in [5, 5.41) is -1.41. The Morgan fingerprint density at radius 3 is 2.53 bits per heavy atom. The van der Waals surface area contributed by atoms with E-state index in [9.17, 15) is 18.0 Å². The van der Waals surface area contributed by atoms with Crippen LogP contribution in [0, 0.1) is 5.92 Å². The molecule has 9 heteroatoms. The number of esters is 2. The SMILES string of the molecule is COC(=O)C1C2SC3C(NS(=O)(=O)C31)C2OC(C)=O. The normalized spacial score (nSPS) is 45.2. The van der Waals surface area contributed by atoms with Crippen molar-refractivity contribution in [3.05, 3.63) is 0 Å². The van der Waals surface area contributed by atoms with Crippen LogP contribution in [0.15, 0.2) is 0 Å². The van der Waals surface area contributed by atoms with Crippen LogP contribution in [0.1, 0.15) is 6.92 Å². The minimum atomic E-state index is -3.57. The molecule has 0 aromatic rings. The highest BCUT2D eigenvalue weighted by molar-refractivity contribution is 8.03. The molecule has 3 rings (SSSR count). The van der Waals surface area contributed by atoms with Crippen LogP contribution in [-0.2, 0) is 29.1 Å². The van der Waals surface area contributed by atoms with Crippen molar-refractivity contribution in [3.8, 4) is 0 Å². The maximum absolute atomic E-state index is 12.1. The summed E-state index contributed by atoms with van der Waals surface area (Å²) in [6.07, 6.45) is -0.606. The fraction of sp³-hybridized carbons (Fsp3) is 0.800. The second-order valence-electron chi connectivity index (χ2n) is 4.84. The molecule has 6 atom stereocenters. The Hall–Kier alpha value is -0.800. The second-order valence-corrected chi connectivity index (χ2v) is 8.07. The molecule has 1 N–H and O–H groups in total. The summed E-state index contributed by atoms with van der Waals surface area (Å²) in [5.41, 5.74) is 0. The first-order valence-corrected chi connectivity index (χ1v) is 8.27. The Balaban J connectivity index is 2.00. The predicted octanol–water partition coefficient (Wildman–Crippen LogP) is -1.12. The van der Waals surface area contributed by atoms with Gasteiger partial charge in [0.1, 0.15) is 11.4 Å². The fourth-order valence-electron chi connectivity index (χ4n) is 3.21. The van der Waals surface area contributed by atoms with E-state index in [4.69, 9.17) is 9.47 Å². The smallest absolute Gasteiger partial charge is 0.311 e. The Labute approximate surface area is 114 Å². The minimum absolute atomic E-state index is 0.261. The van der Waals surface area contributed by atoms with Gasteiger partial charge >= 0.3 is 11.9 Å². The molecule has 0 spiro atoms. The molecular formula is C10H13NO6S2. The predicted molar refractivity (Wildman–Crippen MR) is 65.9 cm³/mol. The first-order chi connectivity index (χ1) is 8.86. The molecule has 0 aromatic heterocycles. The number of thioether (sulfide) groups is 1. The number of ether oxygens (including phenoxy) is 2. The van der Waals surface area contributed by atoms with E-state index < -0.39 is 45.3 Å². The van der Waals surface area contributed by atoms with Gasteiger partial charge in [0.25, 0.3) is 0 Å². The molecule has 19 heavy (non-hydrogen) atoms. The molecule has 3 aliphatic heterocycles. The van der Waals surface area contributed by atoms with Crippen LogP contribution in [0.4, 0.5) is 0 Å². The molecule has 3 saturated heterocycles.